The average molecular weight is 283 g/mol. The van der Waals surface area contributed by atoms with E-state index in [4.69, 9.17) is 0 Å². The van der Waals surface area contributed by atoms with E-state index in [0.717, 1.165) is 43.6 Å². The minimum atomic E-state index is 0.172. The van der Waals surface area contributed by atoms with Crippen molar-refractivity contribution in [3.05, 3.63) is 53.9 Å². The van der Waals surface area contributed by atoms with Crippen LogP contribution in [0.25, 0.3) is 0 Å². The molecular formula is C17H21N3O. The molecule has 2 heterocycles. The number of aryl methyl sites for hydroxylation is 1. The Bertz CT molecular complexity index is 598. The summed E-state index contributed by atoms with van der Waals surface area (Å²) in [5.74, 6) is 0.788. The van der Waals surface area contributed by atoms with Crippen molar-refractivity contribution < 1.29 is 4.79 Å². The molecule has 1 aliphatic heterocycles. The molecule has 0 aliphatic carbocycles. The fourth-order valence-electron chi connectivity index (χ4n) is 2.97. The highest BCUT2D eigenvalue weighted by Gasteiger charge is 2.24. The highest BCUT2D eigenvalue weighted by Crippen LogP contribution is 2.21. The lowest BCUT2D eigenvalue weighted by Gasteiger charge is -2.32. The number of nitrogens with zero attached hydrogens (tertiary/aromatic N) is 3. The summed E-state index contributed by atoms with van der Waals surface area (Å²) < 4.78 is 1.99. The Morgan fingerprint density at radius 3 is 2.67 bits per heavy atom. The zero-order valence-electron chi connectivity index (χ0n) is 12.4. The van der Waals surface area contributed by atoms with Gasteiger partial charge >= 0.3 is 0 Å². The molecule has 1 fully saturated rings. The first-order chi connectivity index (χ1) is 10.2. The molecule has 4 nitrogen and oxygen atoms in total. The largest absolute Gasteiger partial charge is 0.339 e. The number of carbonyl (C=O) groups is 1. The summed E-state index contributed by atoms with van der Waals surface area (Å²) in [4.78, 5) is 14.5. The van der Waals surface area contributed by atoms with E-state index in [-0.39, 0.29) is 5.91 Å². The second kappa shape index (κ2) is 6.12. The van der Waals surface area contributed by atoms with Gasteiger partial charge < -0.3 is 4.90 Å². The summed E-state index contributed by atoms with van der Waals surface area (Å²) in [6, 6.07) is 9.79. The van der Waals surface area contributed by atoms with Gasteiger partial charge in [0.2, 0.25) is 0 Å². The van der Waals surface area contributed by atoms with Crippen molar-refractivity contribution in [2.75, 3.05) is 13.1 Å². The molecule has 21 heavy (non-hydrogen) atoms. The van der Waals surface area contributed by atoms with Gasteiger partial charge in [0, 0.05) is 37.6 Å². The van der Waals surface area contributed by atoms with Gasteiger partial charge in [-0.1, -0.05) is 18.2 Å². The second-order valence-corrected chi connectivity index (χ2v) is 5.78. The van der Waals surface area contributed by atoms with Gasteiger partial charge in [0.15, 0.2) is 0 Å². The highest BCUT2D eigenvalue weighted by molar-refractivity contribution is 5.95. The van der Waals surface area contributed by atoms with Crippen molar-refractivity contribution in [1.29, 1.82) is 0 Å². The molecule has 1 amide bonds. The Morgan fingerprint density at radius 1 is 1.24 bits per heavy atom. The lowest BCUT2D eigenvalue weighted by atomic mass is 9.96. The number of amides is 1. The predicted molar refractivity (Wildman–Crippen MR) is 82.0 cm³/mol. The number of benzene rings is 1. The molecule has 0 spiro atoms. The van der Waals surface area contributed by atoms with Crippen LogP contribution in [0, 0.1) is 12.8 Å². The maximum atomic E-state index is 12.6. The second-order valence-electron chi connectivity index (χ2n) is 5.78. The zero-order chi connectivity index (χ0) is 14.7. The van der Waals surface area contributed by atoms with E-state index in [1.54, 1.807) is 0 Å². The lowest BCUT2D eigenvalue weighted by molar-refractivity contribution is 0.0680. The Kier molecular flexibility index (Phi) is 4.04. The number of rotatable bonds is 3. The molecule has 1 saturated heterocycles. The van der Waals surface area contributed by atoms with E-state index in [2.05, 4.69) is 5.10 Å². The van der Waals surface area contributed by atoms with Crippen molar-refractivity contribution in [3.8, 4) is 0 Å². The first-order valence-electron chi connectivity index (χ1n) is 7.56. The molecule has 4 heteroatoms. The summed E-state index contributed by atoms with van der Waals surface area (Å²) in [6.07, 6.45) is 5.93. The molecule has 3 rings (SSSR count). The molecule has 1 aromatic heterocycles. The number of piperidine rings is 1. The maximum absolute atomic E-state index is 12.6. The summed E-state index contributed by atoms with van der Waals surface area (Å²) in [6.45, 7) is 4.65. The third-order valence-electron chi connectivity index (χ3n) is 4.28. The monoisotopic (exact) mass is 283 g/mol. The standard InChI is InChI=1S/C17H21N3O/c1-14-5-2-3-6-16(14)17(21)19-11-7-15(8-12-19)13-20-10-4-9-18-20/h2-6,9-10,15H,7-8,11-13H2,1H3. The Balaban J connectivity index is 1.58. The number of hydrogen-bond acceptors (Lipinski definition) is 2. The molecule has 0 unspecified atom stereocenters. The Labute approximate surface area is 125 Å². The van der Waals surface area contributed by atoms with Crippen LogP contribution >= 0.6 is 0 Å². The quantitative estimate of drug-likeness (QED) is 0.868. The van der Waals surface area contributed by atoms with Gasteiger partial charge in [-0.05, 0) is 43.4 Å². The van der Waals surface area contributed by atoms with Crippen LogP contribution in [-0.4, -0.2) is 33.7 Å². The smallest absolute Gasteiger partial charge is 0.254 e. The van der Waals surface area contributed by atoms with Crippen LogP contribution in [0.15, 0.2) is 42.7 Å². The van der Waals surface area contributed by atoms with E-state index in [1.165, 1.54) is 0 Å². The lowest BCUT2D eigenvalue weighted by Crippen LogP contribution is -2.39. The first kappa shape index (κ1) is 13.9. The Hall–Kier alpha value is -2.10. The third-order valence-corrected chi connectivity index (χ3v) is 4.28. The summed E-state index contributed by atoms with van der Waals surface area (Å²) in [5.41, 5.74) is 1.89. The van der Waals surface area contributed by atoms with E-state index >= 15 is 0 Å². The predicted octanol–water partition coefficient (Wildman–Crippen LogP) is 2.74. The highest BCUT2D eigenvalue weighted by atomic mass is 16.2. The van der Waals surface area contributed by atoms with Gasteiger partial charge in [-0.25, -0.2) is 0 Å². The van der Waals surface area contributed by atoms with Crippen molar-refractivity contribution in [1.82, 2.24) is 14.7 Å². The molecule has 0 N–H and O–H groups in total. The fourth-order valence-corrected chi connectivity index (χ4v) is 2.97. The normalized spacial score (nSPS) is 16.1. The van der Waals surface area contributed by atoms with E-state index < -0.39 is 0 Å². The SMILES string of the molecule is Cc1ccccc1C(=O)N1CCC(Cn2cccn2)CC1. The third kappa shape index (κ3) is 3.15. The van der Waals surface area contributed by atoms with Crippen molar-refractivity contribution in [2.45, 2.75) is 26.3 Å². The van der Waals surface area contributed by atoms with E-state index in [0.29, 0.717) is 5.92 Å². The number of likely N-dealkylation sites (tertiary alicyclic amines) is 1. The molecule has 110 valence electrons. The van der Waals surface area contributed by atoms with Crippen LogP contribution in [0.3, 0.4) is 0 Å². The van der Waals surface area contributed by atoms with Gasteiger partial charge in [-0.2, -0.15) is 5.10 Å². The van der Waals surface area contributed by atoms with Crippen LogP contribution in [0.4, 0.5) is 0 Å². The van der Waals surface area contributed by atoms with Crippen LogP contribution in [0.1, 0.15) is 28.8 Å². The molecular weight excluding hydrogens is 262 g/mol. The molecule has 0 radical (unpaired) electrons. The number of aromatic nitrogens is 2. The minimum Gasteiger partial charge on any atom is -0.339 e. The van der Waals surface area contributed by atoms with E-state index in [9.17, 15) is 4.79 Å². The molecule has 1 aliphatic rings. The van der Waals surface area contributed by atoms with Crippen molar-refractivity contribution in [2.24, 2.45) is 5.92 Å². The summed E-state index contributed by atoms with van der Waals surface area (Å²) in [5, 5.41) is 4.26. The summed E-state index contributed by atoms with van der Waals surface area (Å²) in [7, 11) is 0. The zero-order valence-corrected chi connectivity index (χ0v) is 12.4. The molecule has 2 aromatic rings. The van der Waals surface area contributed by atoms with Gasteiger partial charge in [-0.3, -0.25) is 9.48 Å². The topological polar surface area (TPSA) is 38.1 Å². The number of carbonyl (C=O) groups excluding carboxylic acids is 1. The molecule has 0 bridgehead atoms. The van der Waals surface area contributed by atoms with Crippen LogP contribution in [0.5, 0.6) is 0 Å². The average Bonchev–Trinajstić information content (AvgIpc) is 3.01. The maximum Gasteiger partial charge on any atom is 0.254 e. The van der Waals surface area contributed by atoms with Gasteiger partial charge in [0.05, 0.1) is 0 Å². The van der Waals surface area contributed by atoms with Crippen molar-refractivity contribution >= 4 is 5.91 Å². The van der Waals surface area contributed by atoms with Crippen LogP contribution < -0.4 is 0 Å². The first-order valence-corrected chi connectivity index (χ1v) is 7.56. The van der Waals surface area contributed by atoms with Crippen LogP contribution in [-0.2, 0) is 6.54 Å². The van der Waals surface area contributed by atoms with E-state index in [1.807, 2.05) is 59.2 Å². The van der Waals surface area contributed by atoms with Crippen LogP contribution in [0.2, 0.25) is 0 Å². The number of hydrogen-bond donors (Lipinski definition) is 0. The minimum absolute atomic E-state index is 0.172. The molecule has 1 aromatic carbocycles. The van der Waals surface area contributed by atoms with Crippen molar-refractivity contribution in [3.63, 3.8) is 0 Å². The van der Waals surface area contributed by atoms with Gasteiger partial charge in [0.1, 0.15) is 0 Å². The van der Waals surface area contributed by atoms with Gasteiger partial charge in [0.25, 0.3) is 5.91 Å². The molecule has 0 atom stereocenters. The molecule has 0 saturated carbocycles. The Morgan fingerprint density at radius 2 is 2.00 bits per heavy atom. The summed E-state index contributed by atoms with van der Waals surface area (Å²) >= 11 is 0. The fraction of sp³-hybridized carbons (Fsp3) is 0.412. The van der Waals surface area contributed by atoms with Gasteiger partial charge in [-0.15, -0.1) is 0 Å².